The number of nitrogens with zero attached hydrogens (tertiary/aromatic N) is 1. The molecule has 0 aliphatic carbocycles. The Labute approximate surface area is 122 Å². The molecule has 0 unspecified atom stereocenters. The van der Waals surface area contributed by atoms with Crippen LogP contribution in [0, 0.1) is 0 Å². The standard InChI is InChI=1S/C13H14N2O5S/c1-21(18,19)20-8-6-11-12(16)14-10-5-3-2-4-9(10)13(17)15(11)7-8/h2-5,8,11H,6-7H2,1H3,(H,14,16)/t8-,11+/m1/s1. The molecular weight excluding hydrogens is 296 g/mol. The van der Waals surface area contributed by atoms with Crippen molar-refractivity contribution in [2.45, 2.75) is 18.6 Å². The van der Waals surface area contributed by atoms with Crippen molar-refractivity contribution in [3.8, 4) is 0 Å². The van der Waals surface area contributed by atoms with Gasteiger partial charge in [-0.15, -0.1) is 0 Å². The lowest BCUT2D eigenvalue weighted by Gasteiger charge is -2.19. The summed E-state index contributed by atoms with van der Waals surface area (Å²) in [6.45, 7) is 0.0817. The van der Waals surface area contributed by atoms with Gasteiger partial charge in [-0.05, 0) is 12.1 Å². The third kappa shape index (κ3) is 2.64. The molecule has 1 aromatic rings. The van der Waals surface area contributed by atoms with Crippen LogP contribution in [0.25, 0.3) is 0 Å². The van der Waals surface area contributed by atoms with E-state index >= 15 is 0 Å². The summed E-state index contributed by atoms with van der Waals surface area (Å²) in [7, 11) is -3.62. The number of fused-ring (bicyclic) bond motifs is 2. The molecule has 0 saturated carbocycles. The summed E-state index contributed by atoms with van der Waals surface area (Å²) in [5.74, 6) is -0.624. The van der Waals surface area contributed by atoms with Crippen molar-refractivity contribution in [2.75, 3.05) is 18.1 Å². The van der Waals surface area contributed by atoms with E-state index in [0.29, 0.717) is 11.3 Å². The Balaban J connectivity index is 1.92. The minimum atomic E-state index is -3.62. The number of nitrogens with one attached hydrogen (secondary N) is 1. The molecule has 0 spiro atoms. The molecule has 3 rings (SSSR count). The number of benzene rings is 1. The Morgan fingerprint density at radius 2 is 2.00 bits per heavy atom. The number of para-hydroxylation sites is 1. The van der Waals surface area contributed by atoms with Gasteiger partial charge in [0, 0.05) is 13.0 Å². The van der Waals surface area contributed by atoms with Crippen LogP contribution in [-0.2, 0) is 19.1 Å². The zero-order valence-electron chi connectivity index (χ0n) is 11.3. The van der Waals surface area contributed by atoms with Crippen LogP contribution in [0.1, 0.15) is 16.8 Å². The molecule has 1 saturated heterocycles. The van der Waals surface area contributed by atoms with Crippen LogP contribution in [0.15, 0.2) is 24.3 Å². The molecule has 1 aromatic carbocycles. The highest BCUT2D eigenvalue weighted by Crippen LogP contribution is 2.30. The number of hydrogen-bond donors (Lipinski definition) is 1. The third-order valence-electron chi connectivity index (χ3n) is 3.55. The fourth-order valence-electron chi connectivity index (χ4n) is 2.74. The van der Waals surface area contributed by atoms with Gasteiger partial charge in [0.1, 0.15) is 6.04 Å². The second-order valence-corrected chi connectivity index (χ2v) is 6.77. The molecule has 1 fully saturated rings. The predicted molar refractivity (Wildman–Crippen MR) is 74.2 cm³/mol. The van der Waals surface area contributed by atoms with Crippen LogP contribution in [0.2, 0.25) is 0 Å². The number of amides is 2. The maximum absolute atomic E-state index is 12.5. The summed E-state index contributed by atoms with van der Waals surface area (Å²) in [4.78, 5) is 26.1. The lowest BCUT2D eigenvalue weighted by atomic mass is 10.1. The summed E-state index contributed by atoms with van der Waals surface area (Å²) in [6, 6.07) is 6.03. The molecule has 0 radical (unpaired) electrons. The van der Waals surface area contributed by atoms with E-state index in [1.165, 1.54) is 4.90 Å². The van der Waals surface area contributed by atoms with E-state index in [1.54, 1.807) is 24.3 Å². The first-order chi connectivity index (χ1) is 9.85. The molecule has 1 N–H and O–H groups in total. The highest BCUT2D eigenvalue weighted by molar-refractivity contribution is 7.86. The first kappa shape index (κ1) is 14.0. The summed E-state index contributed by atoms with van der Waals surface area (Å²) in [6.07, 6.45) is 0.428. The SMILES string of the molecule is CS(=O)(=O)O[C@@H]1C[C@H]2C(=O)Nc3ccccc3C(=O)N2C1. The molecule has 2 aliphatic rings. The Bertz CT molecular complexity index is 715. The van der Waals surface area contributed by atoms with E-state index in [0.717, 1.165) is 6.26 Å². The molecule has 2 amide bonds. The number of carbonyl (C=O) groups is 2. The Morgan fingerprint density at radius 3 is 2.71 bits per heavy atom. The Kier molecular flexibility index (Phi) is 3.22. The van der Waals surface area contributed by atoms with Gasteiger partial charge in [0.15, 0.2) is 0 Å². The van der Waals surface area contributed by atoms with E-state index in [1.807, 2.05) is 0 Å². The smallest absolute Gasteiger partial charge is 0.264 e. The fraction of sp³-hybridized carbons (Fsp3) is 0.385. The van der Waals surface area contributed by atoms with E-state index in [2.05, 4.69) is 5.32 Å². The quantitative estimate of drug-likeness (QED) is 0.788. The average Bonchev–Trinajstić information content (AvgIpc) is 2.76. The van der Waals surface area contributed by atoms with Gasteiger partial charge >= 0.3 is 0 Å². The van der Waals surface area contributed by atoms with Crippen molar-refractivity contribution in [1.82, 2.24) is 4.90 Å². The largest absolute Gasteiger partial charge is 0.324 e. The zero-order chi connectivity index (χ0) is 15.2. The van der Waals surface area contributed by atoms with Gasteiger partial charge in [0.05, 0.1) is 23.6 Å². The van der Waals surface area contributed by atoms with Crippen LogP contribution in [0.5, 0.6) is 0 Å². The topological polar surface area (TPSA) is 92.8 Å². The van der Waals surface area contributed by atoms with Crippen LogP contribution in [0.3, 0.4) is 0 Å². The Hall–Kier alpha value is -1.93. The molecule has 2 atom stereocenters. The van der Waals surface area contributed by atoms with Crippen LogP contribution in [0.4, 0.5) is 5.69 Å². The van der Waals surface area contributed by atoms with Crippen molar-refractivity contribution < 1.29 is 22.2 Å². The highest BCUT2D eigenvalue weighted by atomic mass is 32.2. The molecule has 112 valence electrons. The minimum Gasteiger partial charge on any atom is -0.324 e. The van der Waals surface area contributed by atoms with Gasteiger partial charge in [-0.2, -0.15) is 8.42 Å². The normalized spacial score (nSPS) is 25.1. The second-order valence-electron chi connectivity index (χ2n) is 5.17. The molecule has 0 bridgehead atoms. The van der Waals surface area contributed by atoms with Crippen molar-refractivity contribution >= 4 is 27.6 Å². The van der Waals surface area contributed by atoms with Crippen LogP contribution in [-0.4, -0.2) is 50.1 Å². The van der Waals surface area contributed by atoms with Gasteiger partial charge in [-0.3, -0.25) is 13.8 Å². The summed E-state index contributed by atoms with van der Waals surface area (Å²) in [5, 5.41) is 2.70. The minimum absolute atomic E-state index is 0.0817. The fourth-order valence-corrected chi connectivity index (χ4v) is 3.37. The van der Waals surface area contributed by atoms with E-state index in [-0.39, 0.29) is 24.8 Å². The van der Waals surface area contributed by atoms with Crippen LogP contribution < -0.4 is 5.32 Å². The first-order valence-corrected chi connectivity index (χ1v) is 8.26. The monoisotopic (exact) mass is 310 g/mol. The molecule has 2 aliphatic heterocycles. The maximum atomic E-state index is 12.5. The molecule has 7 nitrogen and oxygen atoms in total. The predicted octanol–water partition coefficient (Wildman–Crippen LogP) is 0.198. The van der Waals surface area contributed by atoms with Crippen molar-refractivity contribution in [3.63, 3.8) is 0 Å². The van der Waals surface area contributed by atoms with E-state index in [9.17, 15) is 18.0 Å². The van der Waals surface area contributed by atoms with E-state index in [4.69, 9.17) is 4.18 Å². The average molecular weight is 310 g/mol. The number of anilines is 1. The van der Waals surface area contributed by atoms with Gasteiger partial charge < -0.3 is 10.2 Å². The van der Waals surface area contributed by atoms with Gasteiger partial charge in [-0.1, -0.05) is 12.1 Å². The molecule has 8 heteroatoms. The first-order valence-electron chi connectivity index (χ1n) is 6.44. The second kappa shape index (κ2) is 4.81. The van der Waals surface area contributed by atoms with Crippen molar-refractivity contribution in [3.05, 3.63) is 29.8 Å². The molecule has 21 heavy (non-hydrogen) atoms. The number of rotatable bonds is 2. The molecule has 0 aromatic heterocycles. The summed E-state index contributed by atoms with van der Waals surface area (Å²) < 4.78 is 27.3. The maximum Gasteiger partial charge on any atom is 0.264 e. The third-order valence-corrected chi connectivity index (χ3v) is 4.17. The lowest BCUT2D eigenvalue weighted by Crippen LogP contribution is -2.40. The van der Waals surface area contributed by atoms with Gasteiger partial charge in [-0.25, -0.2) is 0 Å². The van der Waals surface area contributed by atoms with Gasteiger partial charge in [0.2, 0.25) is 5.91 Å². The molecular formula is C13H14N2O5S. The number of hydrogen-bond acceptors (Lipinski definition) is 5. The van der Waals surface area contributed by atoms with Crippen LogP contribution >= 0.6 is 0 Å². The Morgan fingerprint density at radius 1 is 1.29 bits per heavy atom. The molecule has 2 heterocycles. The lowest BCUT2D eigenvalue weighted by molar-refractivity contribution is -0.119. The number of carbonyl (C=O) groups excluding carboxylic acids is 2. The summed E-state index contributed by atoms with van der Waals surface area (Å²) >= 11 is 0. The van der Waals surface area contributed by atoms with Crippen molar-refractivity contribution in [2.24, 2.45) is 0 Å². The van der Waals surface area contributed by atoms with E-state index < -0.39 is 22.3 Å². The summed E-state index contributed by atoms with van der Waals surface area (Å²) in [5.41, 5.74) is 0.871. The van der Waals surface area contributed by atoms with Gasteiger partial charge in [0.25, 0.3) is 16.0 Å². The zero-order valence-corrected chi connectivity index (χ0v) is 12.1. The van der Waals surface area contributed by atoms with Crippen molar-refractivity contribution in [1.29, 1.82) is 0 Å². The highest BCUT2D eigenvalue weighted by Gasteiger charge is 2.44.